The van der Waals surface area contributed by atoms with Crippen molar-refractivity contribution in [2.45, 2.75) is 70.9 Å². The minimum absolute atomic E-state index is 0.0609. The van der Waals surface area contributed by atoms with Crippen molar-refractivity contribution >= 4 is 11.9 Å². The number of carbonyl (C=O) groups excluding carboxylic acids is 1. The number of halogens is 1. The molecule has 3 N–H and O–H groups in total. The van der Waals surface area contributed by atoms with Gasteiger partial charge in [0.1, 0.15) is 5.82 Å². The topological polar surface area (TPSA) is 87.7 Å². The van der Waals surface area contributed by atoms with Gasteiger partial charge in [0.25, 0.3) is 0 Å². The molecule has 182 valence electrons. The number of rotatable bonds is 10. The molecule has 0 saturated heterocycles. The summed E-state index contributed by atoms with van der Waals surface area (Å²) >= 11 is 0. The molecule has 7 heteroatoms. The summed E-state index contributed by atoms with van der Waals surface area (Å²) in [6.45, 7) is 5.61. The van der Waals surface area contributed by atoms with Crippen LogP contribution in [0.1, 0.15) is 45.6 Å². The second-order valence-electron chi connectivity index (χ2n) is 8.63. The number of carbonyl (C=O) groups is 2. The standard InChI is InChI=1S/C27H33FN2O4/c1-4-22(5-2)34-25-15-21(27(32)33)14-24(26(25)30-17(3)31)29-16-20-12-11-19(13-23(20)28)18-9-7-6-8-10-18/h6-13,15,22,24-26,29H,4-5,14,16H2,1-3H3,(H,30,31)(H,32,33)/t24-,25+,26+/m0/s1. The Kier molecular flexibility index (Phi) is 8.96. The lowest BCUT2D eigenvalue weighted by Crippen LogP contribution is -2.58. The quantitative estimate of drug-likeness (QED) is 0.480. The minimum Gasteiger partial charge on any atom is -0.478 e. The summed E-state index contributed by atoms with van der Waals surface area (Å²) in [5.41, 5.74) is 2.39. The summed E-state index contributed by atoms with van der Waals surface area (Å²) < 4.78 is 21.1. The number of amides is 1. The van der Waals surface area contributed by atoms with Crippen LogP contribution in [0.2, 0.25) is 0 Å². The molecule has 0 fully saturated rings. The van der Waals surface area contributed by atoms with E-state index in [9.17, 15) is 19.1 Å². The number of nitrogens with one attached hydrogen (secondary N) is 2. The fourth-order valence-corrected chi connectivity index (χ4v) is 4.31. The fraction of sp³-hybridized carbons (Fsp3) is 0.407. The van der Waals surface area contributed by atoms with Gasteiger partial charge in [-0.1, -0.05) is 56.3 Å². The molecule has 0 spiro atoms. The van der Waals surface area contributed by atoms with Gasteiger partial charge in [-0.25, -0.2) is 9.18 Å². The Morgan fingerprint density at radius 1 is 1.12 bits per heavy atom. The van der Waals surface area contributed by atoms with E-state index in [0.29, 0.717) is 5.56 Å². The van der Waals surface area contributed by atoms with E-state index in [0.717, 1.165) is 24.0 Å². The number of hydrogen-bond donors (Lipinski definition) is 3. The molecule has 3 atom stereocenters. The minimum atomic E-state index is -1.02. The Morgan fingerprint density at radius 2 is 1.82 bits per heavy atom. The van der Waals surface area contributed by atoms with E-state index < -0.39 is 24.2 Å². The average Bonchev–Trinajstić information content (AvgIpc) is 2.83. The molecule has 0 radical (unpaired) electrons. The molecule has 1 aliphatic rings. The highest BCUT2D eigenvalue weighted by molar-refractivity contribution is 5.87. The molecule has 1 amide bonds. The highest BCUT2D eigenvalue weighted by Crippen LogP contribution is 2.26. The van der Waals surface area contributed by atoms with Crippen LogP contribution in [0.5, 0.6) is 0 Å². The SMILES string of the molecule is CCC(CC)O[C@@H]1C=C(C(=O)O)C[C@H](NCc2ccc(-c3ccccc3)cc2F)[C@H]1NC(C)=O. The Bertz CT molecular complexity index is 1020. The van der Waals surface area contributed by atoms with E-state index in [4.69, 9.17) is 4.74 Å². The van der Waals surface area contributed by atoms with Gasteiger partial charge >= 0.3 is 5.97 Å². The van der Waals surface area contributed by atoms with Crippen LogP contribution in [0.4, 0.5) is 4.39 Å². The molecule has 0 saturated carbocycles. The van der Waals surface area contributed by atoms with Crippen molar-refractivity contribution in [2.24, 2.45) is 0 Å². The summed E-state index contributed by atoms with van der Waals surface area (Å²) in [5.74, 6) is -1.61. The van der Waals surface area contributed by atoms with Gasteiger partial charge in [0.15, 0.2) is 0 Å². The second-order valence-corrected chi connectivity index (χ2v) is 8.63. The van der Waals surface area contributed by atoms with Crippen molar-refractivity contribution in [1.82, 2.24) is 10.6 Å². The first-order chi connectivity index (χ1) is 16.3. The Balaban J connectivity index is 1.81. The van der Waals surface area contributed by atoms with Crippen molar-refractivity contribution in [2.75, 3.05) is 0 Å². The fourth-order valence-electron chi connectivity index (χ4n) is 4.31. The number of benzene rings is 2. The van der Waals surface area contributed by atoms with E-state index >= 15 is 0 Å². The van der Waals surface area contributed by atoms with Crippen LogP contribution in [0, 0.1) is 5.82 Å². The monoisotopic (exact) mass is 468 g/mol. The zero-order valence-electron chi connectivity index (χ0n) is 19.9. The van der Waals surface area contributed by atoms with Gasteiger partial charge < -0.3 is 20.5 Å². The lowest BCUT2D eigenvalue weighted by Gasteiger charge is -2.38. The average molecular weight is 469 g/mol. The van der Waals surface area contributed by atoms with Gasteiger partial charge in [0.2, 0.25) is 5.91 Å². The first-order valence-corrected chi connectivity index (χ1v) is 11.8. The van der Waals surface area contributed by atoms with Gasteiger partial charge in [-0.05, 0) is 42.5 Å². The maximum atomic E-state index is 14.9. The molecule has 2 aromatic carbocycles. The van der Waals surface area contributed by atoms with Gasteiger partial charge in [-0.2, -0.15) is 0 Å². The number of ether oxygens (including phenoxy) is 1. The highest BCUT2D eigenvalue weighted by Gasteiger charge is 2.37. The maximum absolute atomic E-state index is 14.9. The number of hydrogen-bond acceptors (Lipinski definition) is 4. The Labute approximate surface area is 200 Å². The van der Waals surface area contributed by atoms with Crippen LogP contribution >= 0.6 is 0 Å². The number of aliphatic carboxylic acids is 1. The van der Waals surface area contributed by atoms with Crippen LogP contribution in [-0.2, 0) is 20.9 Å². The van der Waals surface area contributed by atoms with Gasteiger partial charge in [0, 0.05) is 30.6 Å². The number of carboxylic acids is 1. The van der Waals surface area contributed by atoms with E-state index in [1.54, 1.807) is 12.1 Å². The predicted octanol–water partition coefficient (Wildman–Crippen LogP) is 4.44. The van der Waals surface area contributed by atoms with Crippen LogP contribution in [-0.4, -0.2) is 41.3 Å². The van der Waals surface area contributed by atoms with Crippen molar-refractivity contribution in [1.29, 1.82) is 0 Å². The van der Waals surface area contributed by atoms with E-state index in [1.807, 2.05) is 50.2 Å². The molecule has 2 aromatic rings. The first-order valence-electron chi connectivity index (χ1n) is 11.8. The second kappa shape index (κ2) is 11.9. The third kappa shape index (κ3) is 6.52. The molecular formula is C27H33FN2O4. The van der Waals surface area contributed by atoms with Crippen molar-refractivity contribution in [3.63, 3.8) is 0 Å². The van der Waals surface area contributed by atoms with Crippen LogP contribution in [0.15, 0.2) is 60.2 Å². The zero-order chi connectivity index (χ0) is 24.7. The molecule has 0 bridgehead atoms. The first kappa shape index (κ1) is 25.6. The maximum Gasteiger partial charge on any atom is 0.331 e. The molecule has 34 heavy (non-hydrogen) atoms. The normalized spacial score (nSPS) is 20.1. The Hall–Kier alpha value is -3.03. The van der Waals surface area contributed by atoms with Gasteiger partial charge in [-0.15, -0.1) is 0 Å². The molecule has 0 aromatic heterocycles. The number of carboxylic acid groups (broad SMARTS) is 1. The van der Waals surface area contributed by atoms with Crippen LogP contribution in [0.25, 0.3) is 11.1 Å². The summed E-state index contributed by atoms with van der Waals surface area (Å²) in [5, 5.41) is 15.9. The molecule has 0 unspecified atom stereocenters. The third-order valence-electron chi connectivity index (χ3n) is 6.21. The smallest absolute Gasteiger partial charge is 0.331 e. The van der Waals surface area contributed by atoms with E-state index in [1.165, 1.54) is 13.0 Å². The van der Waals surface area contributed by atoms with Crippen molar-refractivity contribution in [3.05, 3.63) is 71.6 Å². The van der Waals surface area contributed by atoms with Crippen LogP contribution in [0.3, 0.4) is 0 Å². The Morgan fingerprint density at radius 3 is 2.41 bits per heavy atom. The van der Waals surface area contributed by atoms with Crippen LogP contribution < -0.4 is 10.6 Å². The summed E-state index contributed by atoms with van der Waals surface area (Å²) in [6, 6.07) is 13.7. The van der Waals surface area contributed by atoms with Gasteiger partial charge in [0.05, 0.1) is 18.2 Å². The van der Waals surface area contributed by atoms with Crippen molar-refractivity contribution < 1.29 is 23.8 Å². The summed E-state index contributed by atoms with van der Waals surface area (Å²) in [6.07, 6.45) is 2.66. The largest absolute Gasteiger partial charge is 0.478 e. The highest BCUT2D eigenvalue weighted by atomic mass is 19.1. The zero-order valence-corrected chi connectivity index (χ0v) is 19.9. The summed E-state index contributed by atoms with van der Waals surface area (Å²) in [7, 11) is 0. The third-order valence-corrected chi connectivity index (χ3v) is 6.21. The van der Waals surface area contributed by atoms with Crippen molar-refractivity contribution in [3.8, 4) is 11.1 Å². The molecule has 0 heterocycles. The summed E-state index contributed by atoms with van der Waals surface area (Å²) in [4.78, 5) is 23.8. The molecule has 0 aliphatic heterocycles. The van der Waals surface area contributed by atoms with E-state index in [-0.39, 0.29) is 36.4 Å². The molecule has 6 nitrogen and oxygen atoms in total. The lowest BCUT2D eigenvalue weighted by atomic mass is 9.87. The molecule has 1 aliphatic carbocycles. The van der Waals surface area contributed by atoms with E-state index in [2.05, 4.69) is 10.6 Å². The molecule has 3 rings (SSSR count). The van der Waals surface area contributed by atoms with Gasteiger partial charge in [-0.3, -0.25) is 4.79 Å². The molecular weight excluding hydrogens is 435 g/mol. The lowest BCUT2D eigenvalue weighted by molar-refractivity contribution is -0.133. The predicted molar refractivity (Wildman–Crippen MR) is 130 cm³/mol.